The molecule has 2 heterocycles. The summed E-state index contributed by atoms with van der Waals surface area (Å²) in [5, 5.41) is 8.65. The molecule has 4 heteroatoms. The van der Waals surface area contributed by atoms with Crippen LogP contribution in [0.1, 0.15) is 11.3 Å². The maximum Gasteiger partial charge on any atom is 0.309 e. The largest absolute Gasteiger partial charge is 0.481 e. The lowest BCUT2D eigenvalue weighted by atomic mass is 10.2. The number of pyridine rings is 1. The Morgan fingerprint density at radius 3 is 3.07 bits per heavy atom. The molecule has 0 saturated carbocycles. The van der Waals surface area contributed by atoms with Crippen LogP contribution in [0, 0.1) is 6.92 Å². The molecule has 0 radical (unpaired) electrons. The molecular weight excluding hydrogens is 180 g/mol. The quantitative estimate of drug-likeness (QED) is 0.775. The number of aryl methyl sites for hydroxylation is 1. The van der Waals surface area contributed by atoms with Crippen LogP contribution in [-0.4, -0.2) is 20.5 Å². The van der Waals surface area contributed by atoms with Crippen molar-refractivity contribution in [2.45, 2.75) is 13.3 Å². The molecule has 0 spiro atoms. The molecule has 0 amide bonds. The molecule has 0 fully saturated rings. The van der Waals surface area contributed by atoms with Gasteiger partial charge in [0.1, 0.15) is 0 Å². The first kappa shape index (κ1) is 8.74. The predicted octanol–water partition coefficient (Wildman–Crippen LogP) is 1.27. The average molecular weight is 190 g/mol. The first-order chi connectivity index (χ1) is 6.66. The molecule has 2 aromatic heterocycles. The second-order valence-electron chi connectivity index (χ2n) is 3.26. The fraction of sp³-hybridized carbons (Fsp3) is 0.200. The zero-order chi connectivity index (χ0) is 10.1. The van der Waals surface area contributed by atoms with Crippen LogP contribution in [0.5, 0.6) is 0 Å². The second-order valence-corrected chi connectivity index (χ2v) is 3.26. The maximum atomic E-state index is 10.5. The first-order valence-electron chi connectivity index (χ1n) is 4.31. The third-order valence-corrected chi connectivity index (χ3v) is 2.08. The lowest BCUT2D eigenvalue weighted by molar-refractivity contribution is -0.136. The van der Waals surface area contributed by atoms with Crippen LogP contribution < -0.4 is 0 Å². The molecule has 0 atom stereocenters. The maximum absolute atomic E-state index is 10.5. The Morgan fingerprint density at radius 1 is 1.57 bits per heavy atom. The highest BCUT2D eigenvalue weighted by molar-refractivity contribution is 5.73. The highest BCUT2D eigenvalue weighted by Gasteiger charge is 2.07. The number of aliphatic carboxylic acids is 1. The number of carboxylic acid groups (broad SMARTS) is 1. The van der Waals surface area contributed by atoms with Gasteiger partial charge in [0.2, 0.25) is 0 Å². The van der Waals surface area contributed by atoms with E-state index in [-0.39, 0.29) is 6.42 Å². The fourth-order valence-corrected chi connectivity index (χ4v) is 1.45. The molecule has 0 unspecified atom stereocenters. The Labute approximate surface area is 80.8 Å². The highest BCUT2D eigenvalue weighted by atomic mass is 16.4. The zero-order valence-corrected chi connectivity index (χ0v) is 7.77. The third kappa shape index (κ3) is 1.46. The molecule has 0 saturated heterocycles. The van der Waals surface area contributed by atoms with E-state index in [9.17, 15) is 4.79 Å². The number of carbonyl (C=O) groups is 1. The monoisotopic (exact) mass is 190 g/mol. The van der Waals surface area contributed by atoms with Gasteiger partial charge in [-0.2, -0.15) is 0 Å². The second kappa shape index (κ2) is 3.14. The van der Waals surface area contributed by atoms with Gasteiger partial charge in [-0.15, -0.1) is 0 Å². The Morgan fingerprint density at radius 2 is 2.36 bits per heavy atom. The third-order valence-electron chi connectivity index (χ3n) is 2.08. The van der Waals surface area contributed by atoms with E-state index in [2.05, 4.69) is 4.98 Å². The summed E-state index contributed by atoms with van der Waals surface area (Å²) in [5.41, 5.74) is 2.59. The van der Waals surface area contributed by atoms with Crippen molar-refractivity contribution in [3.05, 3.63) is 35.9 Å². The summed E-state index contributed by atoms with van der Waals surface area (Å²) in [7, 11) is 0. The van der Waals surface area contributed by atoms with E-state index in [0.29, 0.717) is 5.69 Å². The van der Waals surface area contributed by atoms with Crippen LogP contribution in [0.25, 0.3) is 5.52 Å². The number of hydrogen-bond acceptors (Lipinski definition) is 2. The summed E-state index contributed by atoms with van der Waals surface area (Å²) < 4.78 is 1.84. The van der Waals surface area contributed by atoms with E-state index >= 15 is 0 Å². The van der Waals surface area contributed by atoms with Gasteiger partial charge in [-0.25, -0.2) is 4.98 Å². The average Bonchev–Trinajstić information content (AvgIpc) is 2.47. The Balaban J connectivity index is 2.52. The van der Waals surface area contributed by atoms with Gasteiger partial charge in [-0.1, -0.05) is 6.07 Å². The number of rotatable bonds is 2. The predicted molar refractivity (Wildman–Crippen MR) is 51.3 cm³/mol. The van der Waals surface area contributed by atoms with Crippen molar-refractivity contribution < 1.29 is 9.90 Å². The van der Waals surface area contributed by atoms with Gasteiger partial charge in [0.25, 0.3) is 0 Å². The number of fused-ring (bicyclic) bond motifs is 1. The summed E-state index contributed by atoms with van der Waals surface area (Å²) in [6.45, 7) is 1.98. The number of carboxylic acids is 1. The van der Waals surface area contributed by atoms with Gasteiger partial charge in [0.05, 0.1) is 24.0 Å². The van der Waals surface area contributed by atoms with Gasteiger partial charge in [0.15, 0.2) is 0 Å². The van der Waals surface area contributed by atoms with Crippen molar-refractivity contribution in [3.63, 3.8) is 0 Å². The van der Waals surface area contributed by atoms with E-state index in [4.69, 9.17) is 5.11 Å². The van der Waals surface area contributed by atoms with Crippen LogP contribution in [0.2, 0.25) is 0 Å². The number of hydrogen-bond donors (Lipinski definition) is 1. The Bertz CT molecular complexity index is 488. The fourth-order valence-electron chi connectivity index (χ4n) is 1.45. The van der Waals surface area contributed by atoms with Gasteiger partial charge < -0.3 is 9.51 Å². The summed E-state index contributed by atoms with van der Waals surface area (Å²) in [6.07, 6.45) is 3.54. The minimum Gasteiger partial charge on any atom is -0.481 e. The molecule has 0 aliphatic carbocycles. The van der Waals surface area contributed by atoms with Crippen LogP contribution in [0.15, 0.2) is 24.7 Å². The summed E-state index contributed by atoms with van der Waals surface area (Å²) in [4.78, 5) is 14.6. The van der Waals surface area contributed by atoms with E-state index in [0.717, 1.165) is 11.1 Å². The van der Waals surface area contributed by atoms with E-state index < -0.39 is 5.97 Å². The van der Waals surface area contributed by atoms with Crippen molar-refractivity contribution in [1.82, 2.24) is 9.38 Å². The molecule has 0 aliphatic heterocycles. The molecule has 2 aromatic rings. The zero-order valence-electron chi connectivity index (χ0n) is 7.77. The topological polar surface area (TPSA) is 54.6 Å². The molecule has 4 nitrogen and oxygen atoms in total. The lowest BCUT2D eigenvalue weighted by Crippen LogP contribution is -2.00. The highest BCUT2D eigenvalue weighted by Crippen LogP contribution is 2.11. The van der Waals surface area contributed by atoms with Gasteiger partial charge in [-0.3, -0.25) is 4.79 Å². The van der Waals surface area contributed by atoms with Crippen LogP contribution in [0.4, 0.5) is 0 Å². The van der Waals surface area contributed by atoms with Gasteiger partial charge in [-0.05, 0) is 18.6 Å². The molecule has 1 N–H and O–H groups in total. The number of nitrogens with zero attached hydrogens (tertiary/aromatic N) is 2. The molecule has 2 rings (SSSR count). The summed E-state index contributed by atoms with van der Waals surface area (Å²) in [6, 6.07) is 3.84. The summed E-state index contributed by atoms with van der Waals surface area (Å²) in [5.74, 6) is -0.855. The molecule has 0 aromatic carbocycles. The van der Waals surface area contributed by atoms with E-state index in [1.807, 2.05) is 29.7 Å². The van der Waals surface area contributed by atoms with Crippen molar-refractivity contribution in [2.24, 2.45) is 0 Å². The Kier molecular flexibility index (Phi) is 1.96. The molecule has 72 valence electrons. The van der Waals surface area contributed by atoms with Crippen LogP contribution in [-0.2, 0) is 11.2 Å². The normalized spacial score (nSPS) is 10.6. The smallest absolute Gasteiger partial charge is 0.309 e. The number of imidazole rings is 1. The van der Waals surface area contributed by atoms with E-state index in [1.165, 1.54) is 0 Å². The standard InChI is InChI=1S/C10H10N2O2/c1-7-2-3-9-8(4-10(13)14)11-6-12(9)5-7/h2-3,5-6H,4H2,1H3,(H,13,14). The molecule has 0 bridgehead atoms. The Hall–Kier alpha value is -1.84. The SMILES string of the molecule is Cc1ccc2c(CC(=O)O)ncn2c1. The van der Waals surface area contributed by atoms with Crippen molar-refractivity contribution in [3.8, 4) is 0 Å². The first-order valence-corrected chi connectivity index (χ1v) is 4.31. The van der Waals surface area contributed by atoms with Crippen molar-refractivity contribution in [2.75, 3.05) is 0 Å². The minimum atomic E-state index is -0.855. The van der Waals surface area contributed by atoms with Gasteiger partial charge in [0, 0.05) is 6.20 Å². The molecular formula is C10H10N2O2. The van der Waals surface area contributed by atoms with E-state index in [1.54, 1.807) is 6.33 Å². The molecule has 14 heavy (non-hydrogen) atoms. The lowest BCUT2D eigenvalue weighted by Gasteiger charge is -1.97. The van der Waals surface area contributed by atoms with Crippen molar-refractivity contribution >= 4 is 11.5 Å². The summed E-state index contributed by atoms with van der Waals surface area (Å²) >= 11 is 0. The molecule has 0 aliphatic rings. The van der Waals surface area contributed by atoms with Crippen LogP contribution in [0.3, 0.4) is 0 Å². The minimum absolute atomic E-state index is 0.0282. The van der Waals surface area contributed by atoms with Gasteiger partial charge >= 0.3 is 5.97 Å². The van der Waals surface area contributed by atoms with Crippen LogP contribution >= 0.6 is 0 Å². The number of aromatic nitrogens is 2. The van der Waals surface area contributed by atoms with Crippen molar-refractivity contribution in [1.29, 1.82) is 0 Å².